The highest BCUT2D eigenvalue weighted by atomic mass is 16.3. The molecule has 1 N–H and O–H groups in total. The average molecular weight is 162 g/mol. The van der Waals surface area contributed by atoms with E-state index in [1.54, 1.807) is 6.07 Å². The predicted molar refractivity (Wildman–Crippen MR) is 51.2 cm³/mol. The number of phenolic OH excluding ortho intramolecular Hbond substituents is 1. The minimum absolute atomic E-state index is 0.387. The number of hydrogen-bond acceptors (Lipinski definition) is 1. The second-order valence-electron chi connectivity index (χ2n) is 2.71. The fraction of sp³-hybridized carbons (Fsp3) is 0.273. The molecule has 0 unspecified atom stereocenters. The van der Waals surface area contributed by atoms with E-state index in [9.17, 15) is 5.11 Å². The molecule has 1 aromatic carbocycles. The summed E-state index contributed by atoms with van der Waals surface area (Å²) >= 11 is 0. The summed E-state index contributed by atoms with van der Waals surface area (Å²) < 4.78 is 0. The fourth-order valence-electron chi connectivity index (χ4n) is 1.06. The van der Waals surface area contributed by atoms with Gasteiger partial charge in [0.2, 0.25) is 0 Å². The van der Waals surface area contributed by atoms with E-state index in [1.807, 2.05) is 18.2 Å². The molecule has 0 saturated heterocycles. The van der Waals surface area contributed by atoms with Crippen molar-refractivity contribution in [3.63, 3.8) is 0 Å². The quantitative estimate of drug-likeness (QED) is 0.677. The molecule has 1 aromatic rings. The van der Waals surface area contributed by atoms with Crippen molar-refractivity contribution in [1.82, 2.24) is 0 Å². The number of rotatable bonds is 3. The molecular weight excluding hydrogens is 148 g/mol. The maximum Gasteiger partial charge on any atom is 0.119 e. The average Bonchev–Trinajstić information content (AvgIpc) is 2.09. The van der Waals surface area contributed by atoms with Crippen molar-refractivity contribution in [1.29, 1.82) is 0 Å². The molecule has 1 nitrogen and oxygen atoms in total. The van der Waals surface area contributed by atoms with Gasteiger partial charge in [0, 0.05) is 0 Å². The molecule has 1 heteroatoms. The molecule has 0 bridgehead atoms. The van der Waals surface area contributed by atoms with Crippen LogP contribution in [-0.2, 0) is 6.42 Å². The molecule has 0 aliphatic heterocycles. The second kappa shape index (κ2) is 4.60. The zero-order valence-corrected chi connectivity index (χ0v) is 7.33. The van der Waals surface area contributed by atoms with Crippen LogP contribution >= 0.6 is 0 Å². The molecule has 0 amide bonds. The number of aromatic hydroxyl groups is 1. The smallest absolute Gasteiger partial charge is 0.119 e. The van der Waals surface area contributed by atoms with Gasteiger partial charge in [0.05, 0.1) is 0 Å². The van der Waals surface area contributed by atoms with Crippen LogP contribution in [0.4, 0.5) is 0 Å². The van der Waals surface area contributed by atoms with Crippen LogP contribution in [0, 0.1) is 0 Å². The van der Waals surface area contributed by atoms with Crippen LogP contribution in [0.25, 0.3) is 0 Å². The minimum atomic E-state index is 0.387. The molecule has 12 heavy (non-hydrogen) atoms. The first-order valence-electron chi connectivity index (χ1n) is 4.26. The van der Waals surface area contributed by atoms with Crippen LogP contribution in [0.1, 0.15) is 18.9 Å². The zero-order chi connectivity index (χ0) is 8.81. The van der Waals surface area contributed by atoms with Crippen molar-refractivity contribution in [2.45, 2.75) is 19.8 Å². The Morgan fingerprint density at radius 1 is 1.25 bits per heavy atom. The molecule has 0 saturated carbocycles. The molecule has 0 spiro atoms. The molecule has 0 aliphatic carbocycles. The fourth-order valence-corrected chi connectivity index (χ4v) is 1.06. The standard InChI is InChI=1S/C11H14O/c1-2-3-4-7-10-8-5-6-9-11(10)12/h3-6,8-9,12H,2,7H2,1H3. The number of hydrogen-bond donors (Lipinski definition) is 1. The van der Waals surface area contributed by atoms with E-state index in [4.69, 9.17) is 0 Å². The van der Waals surface area contributed by atoms with Crippen molar-refractivity contribution in [2.24, 2.45) is 0 Å². The van der Waals surface area contributed by atoms with Gasteiger partial charge in [0.25, 0.3) is 0 Å². The highest BCUT2D eigenvalue weighted by molar-refractivity contribution is 5.33. The zero-order valence-electron chi connectivity index (χ0n) is 7.33. The van der Waals surface area contributed by atoms with E-state index in [0.29, 0.717) is 5.75 Å². The summed E-state index contributed by atoms with van der Waals surface area (Å²) in [4.78, 5) is 0. The summed E-state index contributed by atoms with van der Waals surface area (Å²) in [5, 5.41) is 9.38. The van der Waals surface area contributed by atoms with Gasteiger partial charge in [0.15, 0.2) is 0 Å². The van der Waals surface area contributed by atoms with Crippen molar-refractivity contribution in [3.05, 3.63) is 42.0 Å². The van der Waals surface area contributed by atoms with Crippen LogP contribution in [0.2, 0.25) is 0 Å². The second-order valence-corrected chi connectivity index (χ2v) is 2.71. The third kappa shape index (κ3) is 2.42. The number of allylic oxidation sites excluding steroid dienone is 2. The Balaban J connectivity index is 2.63. The van der Waals surface area contributed by atoms with Gasteiger partial charge in [-0.05, 0) is 24.5 Å². The van der Waals surface area contributed by atoms with Gasteiger partial charge in [-0.25, -0.2) is 0 Å². The largest absolute Gasteiger partial charge is 0.508 e. The Morgan fingerprint density at radius 2 is 2.00 bits per heavy atom. The lowest BCUT2D eigenvalue weighted by atomic mass is 10.1. The molecule has 0 radical (unpaired) electrons. The van der Waals surface area contributed by atoms with E-state index < -0.39 is 0 Å². The predicted octanol–water partition coefficient (Wildman–Crippen LogP) is 2.90. The molecular formula is C11H14O. The first-order chi connectivity index (χ1) is 5.84. The van der Waals surface area contributed by atoms with Crippen molar-refractivity contribution >= 4 is 0 Å². The van der Waals surface area contributed by atoms with E-state index >= 15 is 0 Å². The summed E-state index contributed by atoms with van der Waals surface area (Å²) in [5.74, 6) is 0.387. The first kappa shape index (κ1) is 8.85. The number of phenols is 1. The van der Waals surface area contributed by atoms with E-state index in [0.717, 1.165) is 18.4 Å². The Morgan fingerprint density at radius 3 is 2.67 bits per heavy atom. The first-order valence-corrected chi connectivity index (χ1v) is 4.26. The van der Waals surface area contributed by atoms with Gasteiger partial charge >= 0.3 is 0 Å². The van der Waals surface area contributed by atoms with Crippen molar-refractivity contribution in [3.8, 4) is 5.75 Å². The number of para-hydroxylation sites is 1. The van der Waals surface area contributed by atoms with Crippen molar-refractivity contribution < 1.29 is 5.11 Å². The Bertz CT molecular complexity index is 263. The molecule has 0 aromatic heterocycles. The monoisotopic (exact) mass is 162 g/mol. The normalized spacial score (nSPS) is 10.8. The van der Waals surface area contributed by atoms with Crippen LogP contribution in [0.3, 0.4) is 0 Å². The third-order valence-corrected chi connectivity index (χ3v) is 1.73. The topological polar surface area (TPSA) is 20.2 Å². The van der Waals surface area contributed by atoms with Gasteiger partial charge in [0.1, 0.15) is 5.75 Å². The summed E-state index contributed by atoms with van der Waals surface area (Å²) in [6.45, 7) is 2.10. The maximum atomic E-state index is 9.38. The summed E-state index contributed by atoms with van der Waals surface area (Å²) in [7, 11) is 0. The summed E-state index contributed by atoms with van der Waals surface area (Å²) in [6, 6.07) is 7.43. The maximum absolute atomic E-state index is 9.38. The van der Waals surface area contributed by atoms with Gasteiger partial charge in [-0.1, -0.05) is 37.3 Å². The number of benzene rings is 1. The van der Waals surface area contributed by atoms with Crippen LogP contribution in [-0.4, -0.2) is 5.11 Å². The molecule has 0 atom stereocenters. The van der Waals surface area contributed by atoms with E-state index in [1.165, 1.54) is 0 Å². The highest BCUT2D eigenvalue weighted by Crippen LogP contribution is 2.16. The molecule has 1 rings (SSSR count). The third-order valence-electron chi connectivity index (χ3n) is 1.73. The molecule has 64 valence electrons. The molecule has 0 aliphatic rings. The summed E-state index contributed by atoms with van der Waals surface area (Å²) in [6.07, 6.45) is 6.05. The van der Waals surface area contributed by atoms with Gasteiger partial charge < -0.3 is 5.11 Å². The van der Waals surface area contributed by atoms with E-state index in [-0.39, 0.29) is 0 Å². The lowest BCUT2D eigenvalue weighted by Gasteiger charge is -1.98. The summed E-state index contributed by atoms with van der Waals surface area (Å²) in [5.41, 5.74) is 0.988. The Hall–Kier alpha value is -1.24. The molecule has 0 fully saturated rings. The van der Waals surface area contributed by atoms with Gasteiger partial charge in [-0.3, -0.25) is 0 Å². The Labute approximate surface area is 73.4 Å². The SMILES string of the molecule is CCC=CCc1ccccc1O. The lowest BCUT2D eigenvalue weighted by Crippen LogP contribution is -1.80. The van der Waals surface area contributed by atoms with Crippen LogP contribution in [0.15, 0.2) is 36.4 Å². The Kier molecular flexibility index (Phi) is 3.39. The minimum Gasteiger partial charge on any atom is -0.508 e. The van der Waals surface area contributed by atoms with Crippen LogP contribution < -0.4 is 0 Å². The van der Waals surface area contributed by atoms with Crippen LogP contribution in [0.5, 0.6) is 5.75 Å². The molecule has 0 heterocycles. The van der Waals surface area contributed by atoms with Gasteiger partial charge in [-0.2, -0.15) is 0 Å². The van der Waals surface area contributed by atoms with E-state index in [2.05, 4.69) is 19.1 Å². The highest BCUT2D eigenvalue weighted by Gasteiger charge is 1.94. The van der Waals surface area contributed by atoms with Gasteiger partial charge in [-0.15, -0.1) is 0 Å². The lowest BCUT2D eigenvalue weighted by molar-refractivity contribution is 0.469. The van der Waals surface area contributed by atoms with Crippen molar-refractivity contribution in [2.75, 3.05) is 0 Å².